The van der Waals surface area contributed by atoms with Crippen molar-refractivity contribution in [2.24, 2.45) is 0 Å². The maximum absolute atomic E-state index is 12.8. The Morgan fingerprint density at radius 2 is 1.69 bits per heavy atom. The van der Waals surface area contributed by atoms with E-state index in [9.17, 15) is 13.2 Å². The number of hydrogen-bond acceptors (Lipinski definition) is 4. The summed E-state index contributed by atoms with van der Waals surface area (Å²) in [5.74, 6) is 0.346. The van der Waals surface area contributed by atoms with Gasteiger partial charge in [0.05, 0.1) is 28.1 Å². The molecule has 3 rings (SSSR count). The molecule has 0 bridgehead atoms. The minimum Gasteiger partial charge on any atom is -0.494 e. The van der Waals surface area contributed by atoms with Crippen LogP contribution in [0, 0.1) is 6.92 Å². The number of hydrogen-bond donors (Lipinski definition) is 2. The minimum absolute atomic E-state index is 0.133. The SMILES string of the molecule is CCOc1ccc([C@H](C)NC(=O)c2cc(NS(=O)(=O)c3ccc(C)cc3)ccc2Cl)cc1. The average Bonchev–Trinajstić information content (AvgIpc) is 2.76. The maximum atomic E-state index is 12.8. The number of rotatable bonds is 8. The lowest BCUT2D eigenvalue weighted by Crippen LogP contribution is -2.27. The van der Waals surface area contributed by atoms with Gasteiger partial charge >= 0.3 is 0 Å². The Bertz CT molecular complexity index is 1190. The third-order valence-electron chi connectivity index (χ3n) is 4.83. The van der Waals surface area contributed by atoms with Crippen LogP contribution in [0.1, 0.15) is 41.4 Å². The van der Waals surface area contributed by atoms with E-state index in [0.29, 0.717) is 6.61 Å². The molecular formula is C24H25ClN2O4S. The van der Waals surface area contributed by atoms with Crippen molar-refractivity contribution in [1.29, 1.82) is 0 Å². The minimum atomic E-state index is -3.80. The summed E-state index contributed by atoms with van der Waals surface area (Å²) in [6.45, 7) is 6.22. The van der Waals surface area contributed by atoms with Crippen molar-refractivity contribution in [3.8, 4) is 5.75 Å². The van der Waals surface area contributed by atoms with E-state index in [1.54, 1.807) is 12.1 Å². The molecule has 0 heterocycles. The van der Waals surface area contributed by atoms with Gasteiger partial charge in [0.1, 0.15) is 5.75 Å². The standard InChI is InChI=1S/C24H25ClN2O4S/c1-4-31-20-10-7-18(8-11-20)17(3)26-24(28)22-15-19(9-14-23(22)25)27-32(29,30)21-12-5-16(2)6-13-21/h5-15,17,27H,4H2,1-3H3,(H,26,28)/t17-/m0/s1. The number of carbonyl (C=O) groups is 1. The number of ether oxygens (including phenoxy) is 1. The van der Waals surface area contributed by atoms with Gasteiger partial charge in [-0.05, 0) is 68.8 Å². The molecule has 3 aromatic carbocycles. The first kappa shape index (κ1) is 23.6. The summed E-state index contributed by atoms with van der Waals surface area (Å²) >= 11 is 6.23. The fourth-order valence-corrected chi connectivity index (χ4v) is 4.32. The molecule has 2 N–H and O–H groups in total. The Morgan fingerprint density at radius 3 is 2.31 bits per heavy atom. The summed E-state index contributed by atoms with van der Waals surface area (Å²) < 4.78 is 33.3. The Kier molecular flexibility index (Phi) is 7.43. The number of carbonyl (C=O) groups excluding carboxylic acids is 1. The molecule has 0 spiro atoms. The van der Waals surface area contributed by atoms with Crippen LogP contribution >= 0.6 is 11.6 Å². The highest BCUT2D eigenvalue weighted by atomic mass is 35.5. The van der Waals surface area contributed by atoms with Gasteiger partial charge in [-0.1, -0.05) is 41.4 Å². The van der Waals surface area contributed by atoms with Gasteiger partial charge in [-0.25, -0.2) is 8.42 Å². The maximum Gasteiger partial charge on any atom is 0.261 e. The normalized spacial score (nSPS) is 12.1. The summed E-state index contributed by atoms with van der Waals surface area (Å²) in [6.07, 6.45) is 0. The number of amides is 1. The molecule has 8 heteroatoms. The second-order valence-corrected chi connectivity index (χ2v) is 9.40. The van der Waals surface area contributed by atoms with E-state index in [2.05, 4.69) is 10.0 Å². The predicted molar refractivity (Wildman–Crippen MR) is 127 cm³/mol. The van der Waals surface area contributed by atoms with Crippen LogP contribution in [0.4, 0.5) is 5.69 Å². The molecule has 0 unspecified atom stereocenters. The fourth-order valence-electron chi connectivity index (χ4n) is 3.07. The van der Waals surface area contributed by atoms with E-state index in [-0.39, 0.29) is 27.2 Å². The van der Waals surface area contributed by atoms with Crippen molar-refractivity contribution in [1.82, 2.24) is 5.32 Å². The lowest BCUT2D eigenvalue weighted by molar-refractivity contribution is 0.0940. The van der Waals surface area contributed by atoms with Crippen molar-refractivity contribution in [3.05, 3.63) is 88.4 Å². The lowest BCUT2D eigenvalue weighted by atomic mass is 10.1. The van der Waals surface area contributed by atoms with Crippen LogP contribution in [0.15, 0.2) is 71.6 Å². The summed E-state index contributed by atoms with van der Waals surface area (Å²) in [6, 6.07) is 18.1. The molecule has 0 radical (unpaired) electrons. The molecular weight excluding hydrogens is 448 g/mol. The van der Waals surface area contributed by atoms with Gasteiger partial charge in [0.25, 0.3) is 15.9 Å². The predicted octanol–water partition coefficient (Wildman–Crippen LogP) is 5.34. The monoisotopic (exact) mass is 472 g/mol. The molecule has 0 aliphatic carbocycles. The van der Waals surface area contributed by atoms with Crippen molar-refractivity contribution < 1.29 is 17.9 Å². The molecule has 0 aliphatic rings. The van der Waals surface area contributed by atoms with E-state index >= 15 is 0 Å². The zero-order chi connectivity index (χ0) is 23.3. The molecule has 0 fully saturated rings. The van der Waals surface area contributed by atoms with Crippen LogP contribution in [0.2, 0.25) is 5.02 Å². The first-order chi connectivity index (χ1) is 15.2. The van der Waals surface area contributed by atoms with Gasteiger partial charge in [-0.15, -0.1) is 0 Å². The Hall–Kier alpha value is -3.03. The molecule has 0 saturated heterocycles. The van der Waals surface area contributed by atoms with E-state index in [1.165, 1.54) is 30.3 Å². The molecule has 32 heavy (non-hydrogen) atoms. The average molecular weight is 473 g/mol. The molecule has 1 atom stereocenters. The van der Waals surface area contributed by atoms with E-state index in [4.69, 9.17) is 16.3 Å². The van der Waals surface area contributed by atoms with Crippen LogP contribution in [-0.2, 0) is 10.0 Å². The number of sulfonamides is 1. The largest absolute Gasteiger partial charge is 0.494 e. The molecule has 0 aromatic heterocycles. The number of aryl methyl sites for hydroxylation is 1. The van der Waals surface area contributed by atoms with E-state index in [1.807, 2.05) is 45.0 Å². The topological polar surface area (TPSA) is 84.5 Å². The third kappa shape index (κ3) is 5.81. The first-order valence-corrected chi connectivity index (χ1v) is 12.0. The molecule has 0 aliphatic heterocycles. The van der Waals surface area contributed by atoms with E-state index < -0.39 is 15.9 Å². The molecule has 168 valence electrons. The highest BCUT2D eigenvalue weighted by molar-refractivity contribution is 7.92. The number of benzene rings is 3. The van der Waals surface area contributed by atoms with Gasteiger partial charge in [0, 0.05) is 5.69 Å². The van der Waals surface area contributed by atoms with Crippen molar-refractivity contribution >= 4 is 33.2 Å². The zero-order valence-corrected chi connectivity index (χ0v) is 19.6. The Balaban J connectivity index is 1.75. The number of anilines is 1. The summed E-state index contributed by atoms with van der Waals surface area (Å²) in [5.41, 5.74) is 2.27. The highest BCUT2D eigenvalue weighted by Crippen LogP contribution is 2.24. The van der Waals surface area contributed by atoms with Crippen molar-refractivity contribution in [2.75, 3.05) is 11.3 Å². The van der Waals surface area contributed by atoms with Crippen LogP contribution in [0.25, 0.3) is 0 Å². The second-order valence-electron chi connectivity index (χ2n) is 7.31. The van der Waals surface area contributed by atoms with Crippen molar-refractivity contribution in [2.45, 2.75) is 31.7 Å². The highest BCUT2D eigenvalue weighted by Gasteiger charge is 2.18. The van der Waals surface area contributed by atoms with Gasteiger partial charge in [-0.2, -0.15) is 0 Å². The zero-order valence-electron chi connectivity index (χ0n) is 18.1. The molecule has 6 nitrogen and oxygen atoms in total. The summed E-state index contributed by atoms with van der Waals surface area (Å²) in [7, 11) is -3.80. The Morgan fingerprint density at radius 1 is 1.03 bits per heavy atom. The number of halogens is 1. The quantitative estimate of drug-likeness (QED) is 0.463. The summed E-state index contributed by atoms with van der Waals surface area (Å²) in [4.78, 5) is 13.0. The van der Waals surface area contributed by atoms with Gasteiger partial charge in [-0.3, -0.25) is 9.52 Å². The lowest BCUT2D eigenvalue weighted by Gasteiger charge is -2.16. The Labute approximate surface area is 193 Å². The smallest absolute Gasteiger partial charge is 0.261 e. The van der Waals surface area contributed by atoms with Crippen LogP contribution in [0.3, 0.4) is 0 Å². The molecule has 3 aromatic rings. The molecule has 0 saturated carbocycles. The molecule has 1 amide bonds. The first-order valence-electron chi connectivity index (χ1n) is 10.1. The van der Waals surface area contributed by atoms with Gasteiger partial charge in [0.15, 0.2) is 0 Å². The summed E-state index contributed by atoms with van der Waals surface area (Å²) in [5, 5.41) is 3.11. The van der Waals surface area contributed by atoms with Crippen LogP contribution in [0.5, 0.6) is 5.75 Å². The van der Waals surface area contributed by atoms with E-state index in [0.717, 1.165) is 16.9 Å². The van der Waals surface area contributed by atoms with Crippen molar-refractivity contribution in [3.63, 3.8) is 0 Å². The van der Waals surface area contributed by atoms with Crippen LogP contribution in [-0.4, -0.2) is 20.9 Å². The second kappa shape index (κ2) is 10.1. The number of nitrogens with one attached hydrogen (secondary N) is 2. The van der Waals surface area contributed by atoms with Gasteiger partial charge < -0.3 is 10.1 Å². The van der Waals surface area contributed by atoms with Gasteiger partial charge in [0.2, 0.25) is 0 Å². The third-order valence-corrected chi connectivity index (χ3v) is 6.56. The fraction of sp³-hybridized carbons (Fsp3) is 0.208. The van der Waals surface area contributed by atoms with Crippen LogP contribution < -0.4 is 14.8 Å².